The van der Waals surface area contributed by atoms with E-state index >= 15 is 0 Å². The summed E-state index contributed by atoms with van der Waals surface area (Å²) in [6, 6.07) is 18.9. The summed E-state index contributed by atoms with van der Waals surface area (Å²) in [6.07, 6.45) is 4.70. The normalized spacial score (nSPS) is 10.9. The summed E-state index contributed by atoms with van der Waals surface area (Å²) in [5.74, 6) is 0.633. The van der Waals surface area contributed by atoms with Gasteiger partial charge in [0, 0.05) is 18.3 Å². The van der Waals surface area contributed by atoms with E-state index in [-0.39, 0.29) is 0 Å². The van der Waals surface area contributed by atoms with Crippen molar-refractivity contribution < 1.29 is 4.74 Å². The number of rotatable bonds is 7. The number of fused-ring (bicyclic) bond motifs is 1. The predicted molar refractivity (Wildman–Crippen MR) is 113 cm³/mol. The molecule has 0 unspecified atom stereocenters. The number of aromatic nitrogens is 3. The van der Waals surface area contributed by atoms with Gasteiger partial charge in [-0.2, -0.15) is 0 Å². The van der Waals surface area contributed by atoms with Crippen LogP contribution in [-0.2, 0) is 13.0 Å². The molecule has 0 radical (unpaired) electrons. The van der Waals surface area contributed by atoms with Crippen LogP contribution in [0.3, 0.4) is 0 Å². The van der Waals surface area contributed by atoms with E-state index in [1.807, 2.05) is 30.0 Å². The second-order valence-electron chi connectivity index (χ2n) is 6.63. The molecule has 0 spiro atoms. The average molecular weight is 372 g/mol. The van der Waals surface area contributed by atoms with E-state index in [4.69, 9.17) is 4.74 Å². The van der Waals surface area contributed by atoms with Gasteiger partial charge in [-0.25, -0.2) is 9.97 Å². The molecule has 0 fully saturated rings. The summed E-state index contributed by atoms with van der Waals surface area (Å²) in [5, 5.41) is 3.48. The van der Waals surface area contributed by atoms with Crippen LogP contribution in [0.15, 0.2) is 67.1 Å². The molecule has 1 N–H and O–H groups in total. The van der Waals surface area contributed by atoms with Crippen LogP contribution in [0.25, 0.3) is 16.7 Å². The first-order valence-electron chi connectivity index (χ1n) is 9.65. The summed E-state index contributed by atoms with van der Waals surface area (Å²) in [4.78, 5) is 8.90. The zero-order chi connectivity index (χ0) is 19.3. The molecule has 4 aromatic rings. The first-order valence-corrected chi connectivity index (χ1v) is 9.65. The second kappa shape index (κ2) is 8.13. The first-order chi connectivity index (χ1) is 13.8. The highest BCUT2D eigenvalue weighted by Gasteiger charge is 2.07. The minimum atomic E-state index is 0.610. The maximum atomic E-state index is 5.41. The molecule has 142 valence electrons. The third kappa shape index (κ3) is 3.83. The van der Waals surface area contributed by atoms with E-state index in [0.717, 1.165) is 35.4 Å². The zero-order valence-electron chi connectivity index (χ0n) is 16.2. The lowest BCUT2D eigenvalue weighted by Gasteiger charge is -2.09. The molecule has 4 rings (SSSR count). The number of pyridine rings is 1. The molecule has 0 saturated heterocycles. The Kier molecular flexibility index (Phi) is 5.24. The van der Waals surface area contributed by atoms with E-state index < -0.39 is 0 Å². The van der Waals surface area contributed by atoms with Crippen molar-refractivity contribution in [1.82, 2.24) is 14.5 Å². The number of nitrogens with one attached hydrogen (secondary N) is 1. The summed E-state index contributed by atoms with van der Waals surface area (Å²) in [6.45, 7) is 5.52. The van der Waals surface area contributed by atoms with Gasteiger partial charge in [0.25, 0.3) is 0 Å². The number of aryl methyl sites for hydroxylation is 1. The highest BCUT2D eigenvalue weighted by molar-refractivity contribution is 5.81. The monoisotopic (exact) mass is 372 g/mol. The number of hydrogen-bond acceptors (Lipinski definition) is 4. The smallest absolute Gasteiger partial charge is 0.213 e. The van der Waals surface area contributed by atoms with Crippen molar-refractivity contribution >= 4 is 16.7 Å². The summed E-state index contributed by atoms with van der Waals surface area (Å²) in [7, 11) is 0. The highest BCUT2D eigenvalue weighted by atomic mass is 16.5. The second-order valence-corrected chi connectivity index (χ2v) is 6.63. The maximum Gasteiger partial charge on any atom is 0.213 e. The van der Waals surface area contributed by atoms with Gasteiger partial charge in [0.1, 0.15) is 6.33 Å². The number of ether oxygens (including phenoxy) is 1. The minimum Gasteiger partial charge on any atom is -0.478 e. The third-order valence-corrected chi connectivity index (χ3v) is 4.77. The molecule has 0 bridgehead atoms. The summed E-state index contributed by atoms with van der Waals surface area (Å²) < 4.78 is 7.45. The van der Waals surface area contributed by atoms with Crippen molar-refractivity contribution in [3.63, 3.8) is 0 Å². The molecule has 0 saturated carbocycles. The molecule has 28 heavy (non-hydrogen) atoms. The van der Waals surface area contributed by atoms with Gasteiger partial charge in [-0.1, -0.05) is 31.2 Å². The van der Waals surface area contributed by atoms with Gasteiger partial charge in [-0.05, 0) is 48.7 Å². The molecule has 2 heterocycles. The van der Waals surface area contributed by atoms with E-state index in [0.29, 0.717) is 12.5 Å². The van der Waals surface area contributed by atoms with Crippen LogP contribution in [0.4, 0.5) is 5.69 Å². The minimum absolute atomic E-state index is 0.610. The first kappa shape index (κ1) is 18.0. The summed E-state index contributed by atoms with van der Waals surface area (Å²) in [5.41, 5.74) is 6.64. The van der Waals surface area contributed by atoms with Crippen molar-refractivity contribution in [3.8, 4) is 11.6 Å². The maximum absolute atomic E-state index is 5.41. The number of hydrogen-bond donors (Lipinski definition) is 1. The van der Waals surface area contributed by atoms with E-state index in [1.165, 1.54) is 11.1 Å². The third-order valence-electron chi connectivity index (χ3n) is 4.77. The molecule has 0 aliphatic heterocycles. The van der Waals surface area contributed by atoms with Crippen molar-refractivity contribution in [2.24, 2.45) is 0 Å². The fourth-order valence-electron chi connectivity index (χ4n) is 3.17. The Morgan fingerprint density at radius 1 is 0.929 bits per heavy atom. The molecule has 5 nitrogen and oxygen atoms in total. The topological polar surface area (TPSA) is 52.0 Å². The molecule has 2 aromatic carbocycles. The Bertz CT molecular complexity index is 1050. The number of benzene rings is 2. The van der Waals surface area contributed by atoms with E-state index in [1.54, 1.807) is 6.20 Å². The molecule has 5 heteroatoms. The molecular weight excluding hydrogens is 348 g/mol. The Balaban J connectivity index is 1.50. The number of anilines is 1. The van der Waals surface area contributed by atoms with Crippen molar-refractivity contribution in [2.75, 3.05) is 11.9 Å². The Labute approximate surface area is 165 Å². The summed E-state index contributed by atoms with van der Waals surface area (Å²) >= 11 is 0. The number of imidazole rings is 1. The van der Waals surface area contributed by atoms with Gasteiger partial charge in [0.15, 0.2) is 0 Å². The van der Waals surface area contributed by atoms with Gasteiger partial charge < -0.3 is 10.1 Å². The Morgan fingerprint density at radius 2 is 1.75 bits per heavy atom. The SMILES string of the molecule is CCOc1ccc(-n2cnc3cc(NCc4ccc(CC)cc4)ccc32)cn1. The van der Waals surface area contributed by atoms with Crippen molar-refractivity contribution in [3.05, 3.63) is 78.2 Å². The lowest BCUT2D eigenvalue weighted by Crippen LogP contribution is -2.00. The molecule has 0 amide bonds. The number of nitrogens with zero attached hydrogens (tertiary/aromatic N) is 3. The zero-order valence-corrected chi connectivity index (χ0v) is 16.2. The van der Waals surface area contributed by atoms with E-state index in [2.05, 4.69) is 64.7 Å². The quantitative estimate of drug-likeness (QED) is 0.496. The van der Waals surface area contributed by atoms with Gasteiger partial charge in [0.2, 0.25) is 5.88 Å². The molecular formula is C23H24N4O. The Hall–Kier alpha value is -3.34. The molecule has 2 aromatic heterocycles. The van der Waals surface area contributed by atoms with Gasteiger partial charge in [-0.15, -0.1) is 0 Å². The van der Waals surface area contributed by atoms with Crippen LogP contribution >= 0.6 is 0 Å². The standard InChI is InChI=1S/C23H24N4O/c1-3-17-5-7-18(8-6-17)14-24-19-9-11-22-21(13-19)26-16-27(22)20-10-12-23(25-15-20)28-4-2/h5-13,15-16,24H,3-4,14H2,1-2H3. The predicted octanol–water partition coefficient (Wildman–Crippen LogP) is 4.99. The lowest BCUT2D eigenvalue weighted by atomic mass is 10.1. The lowest BCUT2D eigenvalue weighted by molar-refractivity contribution is 0.327. The largest absolute Gasteiger partial charge is 0.478 e. The van der Waals surface area contributed by atoms with Crippen LogP contribution in [-0.4, -0.2) is 21.1 Å². The van der Waals surface area contributed by atoms with Crippen LogP contribution in [0.5, 0.6) is 5.88 Å². The molecule has 0 aliphatic carbocycles. The average Bonchev–Trinajstić information content (AvgIpc) is 3.17. The van der Waals surface area contributed by atoms with Crippen LogP contribution in [0.2, 0.25) is 0 Å². The highest BCUT2D eigenvalue weighted by Crippen LogP contribution is 2.22. The van der Waals surface area contributed by atoms with Gasteiger partial charge in [0.05, 0.1) is 29.5 Å². The fraction of sp³-hybridized carbons (Fsp3) is 0.217. The molecule has 0 aliphatic rings. The fourth-order valence-corrected chi connectivity index (χ4v) is 3.17. The van der Waals surface area contributed by atoms with E-state index in [9.17, 15) is 0 Å². The molecule has 0 atom stereocenters. The Morgan fingerprint density at radius 3 is 2.46 bits per heavy atom. The van der Waals surface area contributed by atoms with Crippen molar-refractivity contribution in [1.29, 1.82) is 0 Å². The van der Waals surface area contributed by atoms with Gasteiger partial charge >= 0.3 is 0 Å². The van der Waals surface area contributed by atoms with Crippen LogP contribution in [0.1, 0.15) is 25.0 Å². The van der Waals surface area contributed by atoms with Crippen LogP contribution < -0.4 is 10.1 Å². The van der Waals surface area contributed by atoms with Gasteiger partial charge in [-0.3, -0.25) is 4.57 Å². The van der Waals surface area contributed by atoms with Crippen molar-refractivity contribution in [2.45, 2.75) is 26.8 Å². The van der Waals surface area contributed by atoms with Crippen LogP contribution in [0, 0.1) is 0 Å².